The van der Waals surface area contributed by atoms with Gasteiger partial charge in [-0.05, 0) is 60.4 Å². The number of hydrogen-bond donors (Lipinski definition) is 4. The maximum Gasteiger partial charge on any atom is 0.413 e. The Bertz CT molecular complexity index is 1190. The summed E-state index contributed by atoms with van der Waals surface area (Å²) in [5, 5.41) is 22.0. The zero-order chi connectivity index (χ0) is 26.5. The van der Waals surface area contributed by atoms with Gasteiger partial charge >= 0.3 is 12.1 Å². The van der Waals surface area contributed by atoms with Gasteiger partial charge in [0.05, 0.1) is 6.61 Å². The highest BCUT2D eigenvalue weighted by Gasteiger charge is 2.09. The van der Waals surface area contributed by atoms with E-state index in [4.69, 9.17) is 20.0 Å². The summed E-state index contributed by atoms with van der Waals surface area (Å²) in [7, 11) is 0. The lowest BCUT2D eigenvalue weighted by atomic mass is 10.1. The van der Waals surface area contributed by atoms with Crippen LogP contribution in [-0.2, 0) is 27.4 Å². The zero-order valence-electron chi connectivity index (χ0n) is 20.2. The standard InChI is InChI=1S/C28H29N3O6/c29-27(31-28(35)37-19-21-5-2-1-3-6-21)22-11-15-24(16-12-22)36-18-4-7-25(32)30-23-13-8-20(9-14-23)10-17-26(33)34/h1-3,5-6,8-9,11-16H,4,7,10,17-19H2,(H,30,32)(H,33,34)(H2,29,31,35). The van der Waals surface area contributed by atoms with Crippen LogP contribution in [0.4, 0.5) is 10.5 Å². The molecule has 0 aromatic heterocycles. The van der Waals surface area contributed by atoms with Gasteiger partial charge in [0.15, 0.2) is 0 Å². The molecule has 4 N–H and O–H groups in total. The quantitative estimate of drug-likeness (QED) is 0.160. The predicted molar refractivity (Wildman–Crippen MR) is 139 cm³/mol. The Morgan fingerprint density at radius 1 is 0.838 bits per heavy atom. The second-order valence-electron chi connectivity index (χ2n) is 8.18. The van der Waals surface area contributed by atoms with Crippen molar-refractivity contribution in [3.63, 3.8) is 0 Å². The Hall–Kier alpha value is -4.66. The second-order valence-corrected chi connectivity index (χ2v) is 8.18. The molecular weight excluding hydrogens is 474 g/mol. The van der Waals surface area contributed by atoms with Crippen LogP contribution in [0.25, 0.3) is 0 Å². The van der Waals surface area contributed by atoms with Gasteiger partial charge in [0, 0.05) is 24.1 Å². The average Bonchev–Trinajstić information content (AvgIpc) is 2.90. The molecule has 0 aliphatic carbocycles. The van der Waals surface area contributed by atoms with Crippen molar-refractivity contribution in [1.29, 1.82) is 5.41 Å². The molecule has 0 radical (unpaired) electrons. The topological polar surface area (TPSA) is 138 Å². The van der Waals surface area contributed by atoms with Crippen LogP contribution in [0.15, 0.2) is 78.9 Å². The highest BCUT2D eigenvalue weighted by molar-refractivity contribution is 6.04. The first-order valence-corrected chi connectivity index (χ1v) is 11.8. The van der Waals surface area contributed by atoms with Crippen molar-refractivity contribution in [1.82, 2.24) is 5.32 Å². The summed E-state index contributed by atoms with van der Waals surface area (Å²) in [5.41, 5.74) is 2.90. The minimum absolute atomic E-state index is 0.0671. The third-order valence-electron chi connectivity index (χ3n) is 5.26. The minimum Gasteiger partial charge on any atom is -0.494 e. The van der Waals surface area contributed by atoms with E-state index in [0.29, 0.717) is 36.4 Å². The Morgan fingerprint density at radius 2 is 1.54 bits per heavy atom. The molecule has 0 saturated heterocycles. The summed E-state index contributed by atoms with van der Waals surface area (Å²) in [4.78, 5) is 34.7. The summed E-state index contributed by atoms with van der Waals surface area (Å²) >= 11 is 0. The molecule has 3 aromatic carbocycles. The van der Waals surface area contributed by atoms with Gasteiger partial charge in [0.1, 0.15) is 18.2 Å². The first-order valence-electron chi connectivity index (χ1n) is 11.8. The van der Waals surface area contributed by atoms with Crippen molar-refractivity contribution in [3.05, 3.63) is 95.6 Å². The normalized spacial score (nSPS) is 10.3. The molecule has 9 nitrogen and oxygen atoms in total. The molecule has 3 rings (SSSR count). The first kappa shape index (κ1) is 26.9. The van der Waals surface area contributed by atoms with Gasteiger partial charge in [0.2, 0.25) is 5.91 Å². The number of benzene rings is 3. The van der Waals surface area contributed by atoms with E-state index in [2.05, 4.69) is 10.6 Å². The number of rotatable bonds is 12. The maximum absolute atomic E-state index is 12.1. The van der Waals surface area contributed by atoms with E-state index in [9.17, 15) is 14.4 Å². The molecule has 192 valence electrons. The molecule has 0 unspecified atom stereocenters. The summed E-state index contributed by atoms with van der Waals surface area (Å²) in [6.45, 7) is 0.452. The van der Waals surface area contributed by atoms with Crippen LogP contribution in [0.1, 0.15) is 36.0 Å². The Morgan fingerprint density at radius 3 is 2.22 bits per heavy atom. The smallest absolute Gasteiger partial charge is 0.413 e. The number of nitrogens with one attached hydrogen (secondary N) is 3. The van der Waals surface area contributed by atoms with Crippen LogP contribution in [0.2, 0.25) is 0 Å². The number of carbonyl (C=O) groups is 3. The van der Waals surface area contributed by atoms with E-state index in [-0.39, 0.29) is 31.2 Å². The number of hydrogen-bond acceptors (Lipinski definition) is 6. The van der Waals surface area contributed by atoms with Gasteiger partial charge in [-0.1, -0.05) is 42.5 Å². The number of ether oxygens (including phenoxy) is 2. The Labute approximate surface area is 214 Å². The fourth-order valence-corrected chi connectivity index (χ4v) is 3.30. The molecule has 3 aromatic rings. The van der Waals surface area contributed by atoms with E-state index < -0.39 is 12.1 Å². The van der Waals surface area contributed by atoms with E-state index in [1.807, 2.05) is 30.3 Å². The van der Waals surface area contributed by atoms with Gasteiger partial charge in [-0.15, -0.1) is 0 Å². The second kappa shape index (κ2) is 14.0. The summed E-state index contributed by atoms with van der Waals surface area (Å²) in [6.07, 6.45) is 0.591. The third-order valence-corrected chi connectivity index (χ3v) is 5.26. The van der Waals surface area contributed by atoms with E-state index in [1.54, 1.807) is 48.5 Å². The van der Waals surface area contributed by atoms with E-state index >= 15 is 0 Å². The Kier molecular flexibility index (Phi) is 10.2. The molecule has 37 heavy (non-hydrogen) atoms. The molecule has 9 heteroatoms. The van der Waals surface area contributed by atoms with Crippen LogP contribution in [0.3, 0.4) is 0 Å². The maximum atomic E-state index is 12.1. The number of anilines is 1. The molecular formula is C28H29N3O6. The van der Waals surface area contributed by atoms with Gasteiger partial charge < -0.3 is 19.9 Å². The summed E-state index contributed by atoms with van der Waals surface area (Å²) < 4.78 is 10.8. The van der Waals surface area contributed by atoms with Gasteiger partial charge in [-0.2, -0.15) is 0 Å². The molecule has 0 heterocycles. The van der Waals surface area contributed by atoms with Crippen molar-refractivity contribution in [2.75, 3.05) is 11.9 Å². The number of aryl methyl sites for hydroxylation is 1. The van der Waals surface area contributed by atoms with Crippen molar-refractivity contribution in [2.45, 2.75) is 32.3 Å². The van der Waals surface area contributed by atoms with E-state index in [0.717, 1.165) is 11.1 Å². The minimum atomic E-state index is -0.844. The molecule has 0 aliphatic heterocycles. The van der Waals surface area contributed by atoms with Crippen LogP contribution < -0.4 is 15.4 Å². The number of carboxylic acid groups (broad SMARTS) is 1. The number of amidine groups is 1. The Balaban J connectivity index is 1.33. The fourth-order valence-electron chi connectivity index (χ4n) is 3.30. The number of amides is 2. The molecule has 0 saturated carbocycles. The number of carboxylic acids is 1. The highest BCUT2D eigenvalue weighted by atomic mass is 16.5. The lowest BCUT2D eigenvalue weighted by molar-refractivity contribution is -0.137. The highest BCUT2D eigenvalue weighted by Crippen LogP contribution is 2.14. The average molecular weight is 504 g/mol. The predicted octanol–water partition coefficient (Wildman–Crippen LogP) is 4.75. The fraction of sp³-hybridized carbons (Fsp3) is 0.214. The number of alkyl carbamates (subject to hydrolysis) is 1. The lowest BCUT2D eigenvalue weighted by Gasteiger charge is -2.10. The molecule has 2 amide bonds. The molecule has 0 bridgehead atoms. The van der Waals surface area contributed by atoms with Crippen LogP contribution in [0, 0.1) is 5.41 Å². The van der Waals surface area contributed by atoms with Gasteiger partial charge in [0.25, 0.3) is 0 Å². The number of aliphatic carboxylic acids is 1. The van der Waals surface area contributed by atoms with Crippen LogP contribution >= 0.6 is 0 Å². The SMILES string of the molecule is N=C(NC(=O)OCc1ccccc1)c1ccc(OCCCC(=O)Nc2ccc(CCC(=O)O)cc2)cc1. The van der Waals surface area contributed by atoms with Crippen molar-refractivity contribution < 1.29 is 29.0 Å². The van der Waals surface area contributed by atoms with Gasteiger partial charge in [-0.25, -0.2) is 4.79 Å². The van der Waals surface area contributed by atoms with E-state index in [1.165, 1.54) is 0 Å². The monoisotopic (exact) mass is 503 g/mol. The number of carbonyl (C=O) groups excluding carboxylic acids is 2. The van der Waals surface area contributed by atoms with Crippen molar-refractivity contribution in [3.8, 4) is 5.75 Å². The molecule has 0 aliphatic rings. The first-order chi connectivity index (χ1) is 17.9. The van der Waals surface area contributed by atoms with Crippen LogP contribution in [0.5, 0.6) is 5.75 Å². The molecule has 0 atom stereocenters. The lowest BCUT2D eigenvalue weighted by Crippen LogP contribution is -2.30. The molecule has 0 fully saturated rings. The van der Waals surface area contributed by atoms with Gasteiger partial charge in [-0.3, -0.25) is 20.3 Å². The van der Waals surface area contributed by atoms with Crippen LogP contribution in [-0.4, -0.2) is 35.5 Å². The van der Waals surface area contributed by atoms with Crippen molar-refractivity contribution >= 4 is 29.5 Å². The summed E-state index contributed by atoms with van der Waals surface area (Å²) in [5.74, 6) is -0.489. The third kappa shape index (κ3) is 9.85. The summed E-state index contributed by atoms with van der Waals surface area (Å²) in [6, 6.07) is 23.1. The largest absolute Gasteiger partial charge is 0.494 e. The van der Waals surface area contributed by atoms with Crippen molar-refractivity contribution in [2.24, 2.45) is 0 Å². The molecule has 0 spiro atoms. The zero-order valence-corrected chi connectivity index (χ0v) is 20.2.